The lowest BCUT2D eigenvalue weighted by Gasteiger charge is -2.12. The summed E-state index contributed by atoms with van der Waals surface area (Å²) in [6.07, 6.45) is 0. The van der Waals surface area contributed by atoms with Crippen LogP contribution in [-0.4, -0.2) is 26.9 Å². The number of nitrogens with two attached hydrogens (primary N) is 1. The second kappa shape index (κ2) is 7.95. The van der Waals surface area contributed by atoms with Crippen molar-refractivity contribution in [2.24, 2.45) is 11.7 Å². The molecule has 0 spiro atoms. The Hall–Kier alpha value is -1.26. The molecule has 1 rings (SSSR count). The smallest absolute Gasteiger partial charge is 0.161 e. The van der Waals surface area contributed by atoms with Crippen molar-refractivity contribution in [2.45, 2.75) is 20.4 Å². The van der Waals surface area contributed by atoms with Crippen LogP contribution in [0.2, 0.25) is 0 Å². The first kappa shape index (κ1) is 14.8. The highest BCUT2D eigenvalue weighted by Gasteiger charge is 2.05. The van der Waals surface area contributed by atoms with Crippen LogP contribution in [0.15, 0.2) is 18.2 Å². The third-order valence-electron chi connectivity index (χ3n) is 2.40. The summed E-state index contributed by atoms with van der Waals surface area (Å²) in [5.41, 5.74) is 6.62. The van der Waals surface area contributed by atoms with Crippen LogP contribution in [0.4, 0.5) is 0 Å². The first-order chi connectivity index (χ1) is 8.67. The molecule has 1 aromatic carbocycles. The summed E-state index contributed by atoms with van der Waals surface area (Å²) < 4.78 is 16.3. The first-order valence-electron chi connectivity index (χ1n) is 6.25. The molecule has 1 aromatic rings. The topological polar surface area (TPSA) is 53.7 Å². The summed E-state index contributed by atoms with van der Waals surface area (Å²) in [6.45, 7) is 6.57. The zero-order chi connectivity index (χ0) is 13.4. The van der Waals surface area contributed by atoms with Gasteiger partial charge in [-0.15, -0.1) is 0 Å². The predicted molar refractivity (Wildman–Crippen MR) is 72.0 cm³/mol. The fourth-order valence-corrected chi connectivity index (χ4v) is 1.49. The van der Waals surface area contributed by atoms with E-state index in [0.29, 0.717) is 31.4 Å². The van der Waals surface area contributed by atoms with Gasteiger partial charge in [0, 0.05) is 13.2 Å². The summed E-state index contributed by atoms with van der Waals surface area (Å²) in [4.78, 5) is 0. The lowest BCUT2D eigenvalue weighted by molar-refractivity contribution is 0.0810. The van der Waals surface area contributed by atoms with Crippen molar-refractivity contribution in [2.75, 3.05) is 26.9 Å². The Labute approximate surface area is 109 Å². The number of methoxy groups -OCH3 is 1. The van der Waals surface area contributed by atoms with Crippen molar-refractivity contribution in [3.63, 3.8) is 0 Å². The quantitative estimate of drug-likeness (QED) is 0.722. The molecule has 0 fully saturated rings. The van der Waals surface area contributed by atoms with Crippen molar-refractivity contribution >= 4 is 0 Å². The molecule has 0 bridgehead atoms. The van der Waals surface area contributed by atoms with E-state index in [-0.39, 0.29) is 0 Å². The van der Waals surface area contributed by atoms with Gasteiger partial charge in [0.05, 0.1) is 13.7 Å². The molecule has 18 heavy (non-hydrogen) atoms. The zero-order valence-electron chi connectivity index (χ0n) is 11.4. The Morgan fingerprint density at radius 2 is 1.94 bits per heavy atom. The minimum absolute atomic E-state index is 0.490. The van der Waals surface area contributed by atoms with E-state index in [1.165, 1.54) is 0 Å². The molecule has 0 aliphatic carbocycles. The molecule has 0 aliphatic heterocycles. The molecule has 0 aromatic heterocycles. The molecule has 0 aliphatic rings. The van der Waals surface area contributed by atoms with E-state index in [1.807, 2.05) is 18.2 Å². The SMILES string of the molecule is COc1ccc(CN)cc1OCCOCC(C)C. The molecule has 2 N–H and O–H groups in total. The first-order valence-corrected chi connectivity index (χ1v) is 6.25. The molecule has 0 heterocycles. The second-order valence-electron chi connectivity index (χ2n) is 4.51. The van der Waals surface area contributed by atoms with E-state index in [2.05, 4.69) is 13.8 Å². The van der Waals surface area contributed by atoms with Gasteiger partial charge >= 0.3 is 0 Å². The Kier molecular flexibility index (Phi) is 6.54. The summed E-state index contributed by atoms with van der Waals surface area (Å²) in [5, 5.41) is 0. The Morgan fingerprint density at radius 1 is 1.17 bits per heavy atom. The lowest BCUT2D eigenvalue weighted by atomic mass is 10.2. The maximum Gasteiger partial charge on any atom is 0.161 e. The van der Waals surface area contributed by atoms with Crippen molar-refractivity contribution in [3.8, 4) is 11.5 Å². The molecule has 102 valence electrons. The minimum Gasteiger partial charge on any atom is -0.493 e. The highest BCUT2D eigenvalue weighted by Crippen LogP contribution is 2.27. The van der Waals surface area contributed by atoms with E-state index in [1.54, 1.807) is 7.11 Å². The van der Waals surface area contributed by atoms with Gasteiger partial charge in [-0.2, -0.15) is 0 Å². The number of rotatable bonds is 8. The Morgan fingerprint density at radius 3 is 2.56 bits per heavy atom. The van der Waals surface area contributed by atoms with Crippen LogP contribution in [0.25, 0.3) is 0 Å². The van der Waals surface area contributed by atoms with Crippen LogP contribution in [0.1, 0.15) is 19.4 Å². The number of ether oxygens (including phenoxy) is 3. The van der Waals surface area contributed by atoms with Gasteiger partial charge in [-0.25, -0.2) is 0 Å². The highest BCUT2D eigenvalue weighted by molar-refractivity contribution is 5.42. The van der Waals surface area contributed by atoms with E-state index in [9.17, 15) is 0 Å². The molecule has 0 saturated heterocycles. The third kappa shape index (κ3) is 4.94. The van der Waals surface area contributed by atoms with Gasteiger partial charge in [0.2, 0.25) is 0 Å². The lowest BCUT2D eigenvalue weighted by Crippen LogP contribution is -2.11. The average Bonchev–Trinajstić information content (AvgIpc) is 2.37. The van der Waals surface area contributed by atoms with Gasteiger partial charge in [-0.05, 0) is 23.6 Å². The van der Waals surface area contributed by atoms with Gasteiger partial charge in [0.25, 0.3) is 0 Å². The summed E-state index contributed by atoms with van der Waals surface area (Å²) >= 11 is 0. The van der Waals surface area contributed by atoms with E-state index >= 15 is 0 Å². The number of benzene rings is 1. The van der Waals surface area contributed by atoms with Gasteiger partial charge < -0.3 is 19.9 Å². The van der Waals surface area contributed by atoms with Crippen LogP contribution in [0, 0.1) is 5.92 Å². The maximum absolute atomic E-state index is 5.65. The predicted octanol–water partition coefficient (Wildman–Crippen LogP) is 2.21. The van der Waals surface area contributed by atoms with Crippen molar-refractivity contribution in [1.82, 2.24) is 0 Å². The van der Waals surface area contributed by atoms with Gasteiger partial charge in [0.15, 0.2) is 11.5 Å². The van der Waals surface area contributed by atoms with Gasteiger partial charge in [0.1, 0.15) is 6.61 Å². The van der Waals surface area contributed by atoms with E-state index < -0.39 is 0 Å². The van der Waals surface area contributed by atoms with Crippen LogP contribution in [0.5, 0.6) is 11.5 Å². The summed E-state index contributed by atoms with van der Waals surface area (Å²) in [6, 6.07) is 5.70. The molecular weight excluding hydrogens is 230 g/mol. The second-order valence-corrected chi connectivity index (χ2v) is 4.51. The van der Waals surface area contributed by atoms with E-state index in [4.69, 9.17) is 19.9 Å². The average molecular weight is 253 g/mol. The Balaban J connectivity index is 2.44. The summed E-state index contributed by atoms with van der Waals surface area (Å²) in [5.74, 6) is 1.98. The van der Waals surface area contributed by atoms with Crippen LogP contribution < -0.4 is 15.2 Å². The fourth-order valence-electron chi connectivity index (χ4n) is 1.49. The maximum atomic E-state index is 5.65. The van der Waals surface area contributed by atoms with Crippen molar-refractivity contribution < 1.29 is 14.2 Å². The number of hydrogen-bond donors (Lipinski definition) is 1. The number of hydrogen-bond acceptors (Lipinski definition) is 4. The Bertz CT molecular complexity index is 353. The molecular formula is C14H23NO3. The van der Waals surface area contributed by atoms with Crippen LogP contribution >= 0.6 is 0 Å². The third-order valence-corrected chi connectivity index (χ3v) is 2.40. The normalized spacial score (nSPS) is 10.7. The molecule has 0 radical (unpaired) electrons. The van der Waals surface area contributed by atoms with Crippen LogP contribution in [0.3, 0.4) is 0 Å². The molecule has 4 nitrogen and oxygen atoms in total. The van der Waals surface area contributed by atoms with E-state index in [0.717, 1.165) is 17.9 Å². The fraction of sp³-hybridized carbons (Fsp3) is 0.571. The van der Waals surface area contributed by atoms with Crippen molar-refractivity contribution in [1.29, 1.82) is 0 Å². The monoisotopic (exact) mass is 253 g/mol. The molecule has 0 amide bonds. The van der Waals surface area contributed by atoms with Crippen LogP contribution in [-0.2, 0) is 11.3 Å². The van der Waals surface area contributed by atoms with Gasteiger partial charge in [-0.3, -0.25) is 0 Å². The standard InChI is InChI=1S/C14H23NO3/c1-11(2)10-17-6-7-18-14-8-12(9-15)4-5-13(14)16-3/h4-5,8,11H,6-7,9-10,15H2,1-3H3. The van der Waals surface area contributed by atoms with Crippen molar-refractivity contribution in [3.05, 3.63) is 23.8 Å². The molecule has 0 saturated carbocycles. The highest BCUT2D eigenvalue weighted by atomic mass is 16.5. The van der Waals surface area contributed by atoms with Gasteiger partial charge in [-0.1, -0.05) is 19.9 Å². The molecule has 4 heteroatoms. The largest absolute Gasteiger partial charge is 0.493 e. The molecule has 0 atom stereocenters. The minimum atomic E-state index is 0.490. The zero-order valence-corrected chi connectivity index (χ0v) is 11.4. The summed E-state index contributed by atoms with van der Waals surface area (Å²) in [7, 11) is 1.62. The molecule has 0 unspecified atom stereocenters.